The van der Waals surface area contributed by atoms with Gasteiger partial charge in [-0.05, 0) is 0 Å². The topological polar surface area (TPSA) is 100.0 Å². The van der Waals surface area contributed by atoms with Crippen molar-refractivity contribution in [3.05, 3.63) is 12.5 Å². The van der Waals surface area contributed by atoms with Crippen molar-refractivity contribution >= 4 is 17.7 Å². The number of ether oxygens (including phenoxy) is 1. The molecule has 0 atom stereocenters. The molecule has 2 aromatic heterocycles. The zero-order valence-corrected chi connectivity index (χ0v) is 8.56. The molecule has 2 N–H and O–H groups in total. The van der Waals surface area contributed by atoms with Crippen molar-refractivity contribution in [3.63, 3.8) is 0 Å². The van der Waals surface area contributed by atoms with Crippen molar-refractivity contribution in [1.29, 1.82) is 0 Å². The van der Waals surface area contributed by atoms with Gasteiger partial charge < -0.3 is 14.9 Å². The van der Waals surface area contributed by atoms with E-state index in [1.54, 1.807) is 0 Å². The van der Waals surface area contributed by atoms with E-state index in [1.807, 2.05) is 0 Å². The van der Waals surface area contributed by atoms with Crippen LogP contribution >= 0.6 is 11.8 Å². The molecule has 8 heteroatoms. The average Bonchev–Trinajstić information content (AvgIpc) is 2.69. The third-order valence-electron chi connectivity index (χ3n) is 1.38. The maximum absolute atomic E-state index is 5.46. The maximum Gasteiger partial charge on any atom is 0.321 e. The summed E-state index contributed by atoms with van der Waals surface area (Å²) in [5, 5.41) is 0.810. The van der Waals surface area contributed by atoms with Crippen LogP contribution in [0.4, 0.5) is 5.95 Å². The lowest BCUT2D eigenvalue weighted by Crippen LogP contribution is -2.01. The fraction of sp³-hybridized carbons (Fsp3) is 0.143. The van der Waals surface area contributed by atoms with Crippen molar-refractivity contribution in [2.45, 2.75) is 10.4 Å². The molecule has 0 aromatic carbocycles. The van der Waals surface area contributed by atoms with Crippen LogP contribution in [0.1, 0.15) is 0 Å². The van der Waals surface area contributed by atoms with E-state index in [-0.39, 0.29) is 12.0 Å². The molecule has 0 fully saturated rings. The minimum absolute atomic E-state index is 0.0934. The van der Waals surface area contributed by atoms with E-state index >= 15 is 0 Å². The number of anilines is 1. The number of methoxy groups -OCH3 is 1. The van der Waals surface area contributed by atoms with Crippen molar-refractivity contribution in [1.82, 2.24) is 19.9 Å². The third kappa shape index (κ3) is 2.34. The fourth-order valence-electron chi connectivity index (χ4n) is 0.829. The second-order valence-electron chi connectivity index (χ2n) is 2.36. The normalized spacial score (nSPS) is 10.2. The van der Waals surface area contributed by atoms with Crippen LogP contribution in [0.2, 0.25) is 0 Å². The molecule has 78 valence electrons. The van der Waals surface area contributed by atoms with Crippen LogP contribution < -0.4 is 10.5 Å². The Labute approximate surface area is 89.1 Å². The predicted octanol–water partition coefficient (Wildman–Crippen LogP) is 0.602. The van der Waals surface area contributed by atoms with E-state index in [0.29, 0.717) is 10.4 Å². The van der Waals surface area contributed by atoms with Crippen LogP contribution in [0, 0.1) is 0 Å². The summed E-state index contributed by atoms with van der Waals surface area (Å²) in [5.41, 5.74) is 5.46. The summed E-state index contributed by atoms with van der Waals surface area (Å²) in [6, 6.07) is 0.163. The van der Waals surface area contributed by atoms with Gasteiger partial charge in [-0.3, -0.25) is 0 Å². The molecule has 0 radical (unpaired) electrons. The molecule has 2 rings (SSSR count). The summed E-state index contributed by atoms with van der Waals surface area (Å²) in [6.45, 7) is 0. The number of nitrogens with two attached hydrogens (primary N) is 1. The van der Waals surface area contributed by atoms with Crippen LogP contribution in [0.25, 0.3) is 0 Å². The number of nitrogens with zero attached hydrogens (tertiary/aromatic N) is 4. The van der Waals surface area contributed by atoms with Gasteiger partial charge >= 0.3 is 6.01 Å². The summed E-state index contributed by atoms with van der Waals surface area (Å²) in [4.78, 5) is 15.5. The Morgan fingerprint density at radius 2 is 2.27 bits per heavy atom. The van der Waals surface area contributed by atoms with Gasteiger partial charge in [0.1, 0.15) is 6.26 Å². The predicted molar refractivity (Wildman–Crippen MR) is 51.4 cm³/mol. The highest BCUT2D eigenvalue weighted by Crippen LogP contribution is 2.23. The van der Waals surface area contributed by atoms with E-state index in [2.05, 4.69) is 19.9 Å². The number of hydrogen-bond acceptors (Lipinski definition) is 8. The van der Waals surface area contributed by atoms with Gasteiger partial charge in [0.2, 0.25) is 11.1 Å². The second kappa shape index (κ2) is 4.13. The van der Waals surface area contributed by atoms with Crippen molar-refractivity contribution in [3.8, 4) is 6.01 Å². The van der Waals surface area contributed by atoms with E-state index in [9.17, 15) is 0 Å². The van der Waals surface area contributed by atoms with Gasteiger partial charge in [-0.15, -0.1) is 0 Å². The van der Waals surface area contributed by atoms with Crippen LogP contribution in [0.3, 0.4) is 0 Å². The van der Waals surface area contributed by atoms with Gasteiger partial charge in [-0.2, -0.15) is 15.0 Å². The molecular weight excluding hydrogens is 218 g/mol. The molecule has 0 aliphatic heterocycles. The first-order chi connectivity index (χ1) is 7.28. The average molecular weight is 225 g/mol. The molecule has 2 heterocycles. The second-order valence-corrected chi connectivity index (χ2v) is 3.28. The first-order valence-corrected chi connectivity index (χ1v) is 4.72. The molecule has 0 saturated carbocycles. The Hall–Kier alpha value is -1.83. The van der Waals surface area contributed by atoms with Gasteiger partial charge in [-0.1, -0.05) is 0 Å². The first kappa shape index (κ1) is 9.71. The summed E-state index contributed by atoms with van der Waals surface area (Å²) in [7, 11) is 1.45. The van der Waals surface area contributed by atoms with Crippen molar-refractivity contribution < 1.29 is 9.15 Å². The molecule has 7 nitrogen and oxygen atoms in total. The molecule has 0 spiro atoms. The Bertz CT molecular complexity index is 447. The first-order valence-electron chi connectivity index (χ1n) is 3.91. The lowest BCUT2D eigenvalue weighted by atomic mass is 10.9. The largest absolute Gasteiger partial charge is 0.467 e. The minimum Gasteiger partial charge on any atom is -0.467 e. The Morgan fingerprint density at radius 3 is 2.93 bits per heavy atom. The molecular formula is C7H7N5O2S. The van der Waals surface area contributed by atoms with Crippen LogP contribution in [-0.2, 0) is 0 Å². The van der Waals surface area contributed by atoms with Gasteiger partial charge in [0.05, 0.1) is 13.3 Å². The highest BCUT2D eigenvalue weighted by Gasteiger charge is 2.08. The molecule has 0 aliphatic rings. The van der Waals surface area contributed by atoms with E-state index in [4.69, 9.17) is 14.9 Å². The zero-order valence-electron chi connectivity index (χ0n) is 7.75. The van der Waals surface area contributed by atoms with Gasteiger partial charge in [0.15, 0.2) is 0 Å². The SMILES string of the molecule is COc1nc(N)nc(Sc2ncco2)n1. The Morgan fingerprint density at radius 1 is 1.40 bits per heavy atom. The highest BCUT2D eigenvalue weighted by atomic mass is 32.2. The van der Waals surface area contributed by atoms with Crippen molar-refractivity contribution in [2.24, 2.45) is 0 Å². The number of rotatable bonds is 3. The molecule has 0 saturated heterocycles. The van der Waals surface area contributed by atoms with E-state index in [1.165, 1.54) is 19.6 Å². The lowest BCUT2D eigenvalue weighted by Gasteiger charge is -2.00. The number of aromatic nitrogens is 4. The molecule has 15 heavy (non-hydrogen) atoms. The lowest BCUT2D eigenvalue weighted by molar-refractivity contribution is 0.373. The standard InChI is InChI=1S/C7H7N5O2S/c1-13-5-10-4(8)11-6(12-5)15-7-9-2-3-14-7/h2-3H,1H3,(H2,8,10,11,12). The molecule has 0 amide bonds. The number of nitrogen functional groups attached to an aromatic ring is 1. The zero-order chi connectivity index (χ0) is 10.7. The molecule has 0 unspecified atom stereocenters. The quantitative estimate of drug-likeness (QED) is 0.810. The fourth-order valence-corrected chi connectivity index (χ4v) is 1.46. The van der Waals surface area contributed by atoms with Crippen LogP contribution in [-0.4, -0.2) is 27.0 Å². The monoisotopic (exact) mass is 225 g/mol. The third-order valence-corrected chi connectivity index (χ3v) is 2.12. The Kier molecular flexibility index (Phi) is 2.68. The smallest absolute Gasteiger partial charge is 0.321 e. The summed E-state index contributed by atoms with van der Waals surface area (Å²) in [6.07, 6.45) is 2.99. The minimum atomic E-state index is 0.0934. The Balaban J connectivity index is 2.24. The summed E-state index contributed by atoms with van der Waals surface area (Å²) < 4.78 is 9.87. The molecule has 2 aromatic rings. The van der Waals surface area contributed by atoms with Crippen LogP contribution in [0.15, 0.2) is 27.3 Å². The molecule has 0 aliphatic carbocycles. The maximum atomic E-state index is 5.46. The van der Waals surface area contributed by atoms with E-state index in [0.717, 1.165) is 11.8 Å². The number of hydrogen-bond donors (Lipinski definition) is 1. The van der Waals surface area contributed by atoms with E-state index < -0.39 is 0 Å². The van der Waals surface area contributed by atoms with Gasteiger partial charge in [-0.25, -0.2) is 4.98 Å². The summed E-state index contributed by atoms with van der Waals surface area (Å²) in [5.74, 6) is 0.0934. The van der Waals surface area contributed by atoms with Gasteiger partial charge in [0, 0.05) is 11.8 Å². The van der Waals surface area contributed by atoms with Crippen molar-refractivity contribution in [2.75, 3.05) is 12.8 Å². The van der Waals surface area contributed by atoms with Crippen LogP contribution in [0.5, 0.6) is 6.01 Å². The molecule has 0 bridgehead atoms. The highest BCUT2D eigenvalue weighted by molar-refractivity contribution is 7.98. The van der Waals surface area contributed by atoms with Gasteiger partial charge in [0.25, 0.3) is 5.22 Å². The number of oxazole rings is 1. The summed E-state index contributed by atoms with van der Waals surface area (Å²) >= 11 is 1.14.